The molecule has 0 saturated heterocycles. The first-order valence-corrected chi connectivity index (χ1v) is 40.8. The Kier molecular flexibility index (Phi) is 14.4. The molecule has 23 rings (SSSR count). The maximum atomic E-state index is 13.9. The third kappa shape index (κ3) is 8.96. The zero-order valence-electron chi connectivity index (χ0n) is 64.7. The van der Waals surface area contributed by atoms with Crippen molar-refractivity contribution in [2.75, 3.05) is 0 Å². The second-order valence-corrected chi connectivity index (χ2v) is 34.8. The van der Waals surface area contributed by atoms with Crippen LogP contribution in [0.25, 0.3) is 133 Å². The molecule has 7 nitrogen and oxygen atoms in total. The summed E-state index contributed by atoms with van der Waals surface area (Å²) in [6.45, 7) is 13.4. The molecule has 10 heteroatoms. The van der Waals surface area contributed by atoms with Gasteiger partial charge in [-0.2, -0.15) is 0 Å². The number of benzene rings is 15. The summed E-state index contributed by atoms with van der Waals surface area (Å²) in [6.07, 6.45) is 0.180. The Labute approximate surface area is 676 Å². The summed E-state index contributed by atoms with van der Waals surface area (Å²) in [5.74, 6) is 0. The molecule has 2 N–H and O–H groups in total. The third-order valence-corrected chi connectivity index (χ3v) is 28.2. The minimum absolute atomic E-state index is 0.128. The van der Waals surface area contributed by atoms with Gasteiger partial charge in [0.25, 0.3) is 0 Å². The van der Waals surface area contributed by atoms with Gasteiger partial charge in [-0.1, -0.05) is 91.0 Å². The fraction of sp³-hybridized carbons (Fsp3) is 0.143. The monoisotopic (exact) mass is 1550 g/mol. The number of rotatable bonds is 13. The second kappa shape index (κ2) is 24.1. The van der Waals surface area contributed by atoms with Gasteiger partial charge in [0.2, 0.25) is 0 Å². The Morgan fingerprint density at radius 3 is 1.34 bits per heavy atom. The van der Waals surface area contributed by atoms with Crippen LogP contribution in [-0.4, -0.2) is 47.6 Å². The van der Waals surface area contributed by atoms with Crippen LogP contribution in [-0.2, 0) is 32.0 Å². The van der Waals surface area contributed by atoms with Gasteiger partial charge in [-0.05, 0) is 33.8 Å². The van der Waals surface area contributed by atoms with Gasteiger partial charge in [0, 0.05) is 10.8 Å². The Morgan fingerprint density at radius 2 is 0.765 bits per heavy atom. The van der Waals surface area contributed by atoms with Crippen LogP contribution in [0.15, 0.2) is 321 Å². The predicted molar refractivity (Wildman–Crippen MR) is 471 cm³/mol. The molecule has 0 amide bonds. The molecule has 3 aromatic heterocycles. The number of halogens is 1. The average Bonchev–Trinajstić information content (AvgIpc) is 1.50. The van der Waals surface area contributed by atoms with Gasteiger partial charge in [0.05, 0.1) is 5.60 Å². The van der Waals surface area contributed by atoms with Crippen LogP contribution >= 0.6 is 15.9 Å². The number of hydrogen-bond donors (Lipinski definition) is 2. The normalized spacial score (nSPS) is 16.1. The Bertz CT molecular complexity index is 7170. The molecular weight excluding hydrogens is 1470 g/mol. The van der Waals surface area contributed by atoms with E-state index in [0.717, 1.165) is 137 Å². The summed E-state index contributed by atoms with van der Waals surface area (Å²) in [7, 11) is 2.06. The summed E-state index contributed by atoms with van der Waals surface area (Å²) in [5, 5.41) is 31.6. The topological polar surface area (TPSA) is 98.3 Å². The van der Waals surface area contributed by atoms with Crippen molar-refractivity contribution in [2.24, 2.45) is 0 Å². The Balaban J connectivity index is 0.708. The van der Waals surface area contributed by atoms with Crippen molar-refractivity contribution in [1.82, 2.24) is 0 Å². The first kappa shape index (κ1) is 68.7. The molecule has 115 heavy (non-hydrogen) atoms. The first-order chi connectivity index (χ1) is 55.9. The summed E-state index contributed by atoms with van der Waals surface area (Å²) in [5.41, 5.74) is 27.3. The molecule has 550 valence electrons. The van der Waals surface area contributed by atoms with Crippen LogP contribution in [0, 0.1) is 0 Å². The SMILES string of the molecule is CC(C)(O)C(C)(C)OBc1c2c(cc3c1oc1cccc(CC(C)(O)C(C)(C)O[B+]c4c5c(cc6c4oc4ccccc46)-c4c(-c6cccc7c6-c6ccccc6C76c7ccccc7-c7cc8c(oc9ccccc98)c(Br)c76)cccc4C54c5ccccc5-c5ccccc54)c13)-c1ccccc1C2(c1ccccc1)c1ccccc1. The number of aliphatic hydroxyl groups is 2. The molecule has 0 saturated carbocycles. The fourth-order valence-corrected chi connectivity index (χ4v) is 22.1. The molecule has 0 aliphatic heterocycles. The van der Waals surface area contributed by atoms with Crippen molar-refractivity contribution >= 4 is 108 Å². The minimum Gasteiger partial charge on any atom is -0.0622 e. The van der Waals surface area contributed by atoms with E-state index in [1.807, 2.05) is 66.4 Å². The van der Waals surface area contributed by atoms with E-state index >= 15 is 0 Å². The van der Waals surface area contributed by atoms with Gasteiger partial charge in [0.1, 0.15) is 5.58 Å². The van der Waals surface area contributed by atoms with E-state index in [2.05, 4.69) is 295 Å². The van der Waals surface area contributed by atoms with Crippen molar-refractivity contribution in [3.63, 3.8) is 0 Å². The molecule has 2 atom stereocenters. The molecule has 5 aliphatic carbocycles. The van der Waals surface area contributed by atoms with Crippen LogP contribution < -0.4 is 10.9 Å². The standard InChI is InChI=1S/C105H76B2BrO7/c1-99(2,109)100(3,4)114-106-93-90-71(64-38-16-21-45-77(64)103(90,60-32-10-8-11-33-60)61-34-12-9-13-35-61)56-76-87-59(31-28-54-86(87)113-97(76)93)58-102(7,110)101(5,6)115-107-94-91-75(57-73-66-40-19-26-52-84(66)111-96(73)94)89-69(44-30-51-83(89)104(91)78-46-22-14-36-62(78)63-37-15-23-47-79(63)104)68-43-29-50-82-88(68)70-42-18-25-49-81(70)105(82)80-48-24-17-39-65(80)72-55-74-67-41-20-27-53-85(67)112-98(74)95(108)92(72)105/h8-57,106,109-110H,58H2,1-7H3/q+1. The van der Waals surface area contributed by atoms with Gasteiger partial charge in [0.15, 0.2) is 0 Å². The van der Waals surface area contributed by atoms with Crippen LogP contribution in [0.2, 0.25) is 0 Å². The summed E-state index contributed by atoms with van der Waals surface area (Å²) in [4.78, 5) is 0. The molecular formula is C105H76B2BrO7+. The maximum absolute atomic E-state index is 13.9. The van der Waals surface area contributed by atoms with Gasteiger partial charge >= 0.3 is 525 Å². The van der Waals surface area contributed by atoms with E-state index in [0.29, 0.717) is 16.7 Å². The number of hydrogen-bond acceptors (Lipinski definition) is 7. The van der Waals surface area contributed by atoms with E-state index in [9.17, 15) is 10.2 Å². The van der Waals surface area contributed by atoms with E-state index in [1.54, 1.807) is 13.8 Å². The zero-order chi connectivity index (χ0) is 77.6. The zero-order valence-corrected chi connectivity index (χ0v) is 66.3. The number of furan rings is 3. The van der Waals surface area contributed by atoms with E-state index in [-0.39, 0.29) is 13.9 Å². The van der Waals surface area contributed by atoms with Crippen LogP contribution in [0.1, 0.15) is 121 Å². The fourth-order valence-electron chi connectivity index (χ4n) is 21.3. The van der Waals surface area contributed by atoms with E-state index < -0.39 is 38.6 Å². The van der Waals surface area contributed by atoms with Crippen LogP contribution in [0.4, 0.5) is 0 Å². The molecule has 0 bridgehead atoms. The molecule has 5 aliphatic rings. The van der Waals surface area contributed by atoms with Gasteiger partial charge in [-0.3, -0.25) is 0 Å². The van der Waals surface area contributed by atoms with Crippen molar-refractivity contribution in [2.45, 2.75) is 93.5 Å². The molecule has 2 spiro atoms. The van der Waals surface area contributed by atoms with Gasteiger partial charge in [-0.25, -0.2) is 0 Å². The van der Waals surface area contributed by atoms with Crippen molar-refractivity contribution in [1.29, 1.82) is 0 Å². The molecule has 3 heterocycles. The molecule has 15 aromatic carbocycles. The predicted octanol–water partition coefficient (Wildman–Crippen LogP) is 23.4. The molecule has 0 fully saturated rings. The average molecular weight is 1550 g/mol. The van der Waals surface area contributed by atoms with Gasteiger partial charge < -0.3 is 9.52 Å². The molecule has 0 radical (unpaired) electrons. The smallest absolute Gasteiger partial charge is 0.0622 e. The van der Waals surface area contributed by atoms with Gasteiger partial charge in [-0.15, -0.1) is 0 Å². The van der Waals surface area contributed by atoms with Crippen LogP contribution in [0.5, 0.6) is 0 Å². The number of fused-ring (bicyclic) bond motifs is 32. The third-order valence-electron chi connectivity index (χ3n) is 27.5. The molecule has 2 unspecified atom stereocenters. The Hall–Kier alpha value is -11.9. The van der Waals surface area contributed by atoms with Crippen molar-refractivity contribution < 1.29 is 32.8 Å². The van der Waals surface area contributed by atoms with Crippen molar-refractivity contribution in [3.8, 4) is 66.8 Å². The Morgan fingerprint density at radius 1 is 0.357 bits per heavy atom. The van der Waals surface area contributed by atoms with Crippen LogP contribution in [0.3, 0.4) is 0 Å². The number of para-hydroxylation sites is 2. The van der Waals surface area contributed by atoms with E-state index in [4.69, 9.17) is 22.6 Å². The summed E-state index contributed by atoms with van der Waals surface area (Å²) in [6, 6.07) is 110. The van der Waals surface area contributed by atoms with E-state index in [1.165, 1.54) is 66.8 Å². The summed E-state index contributed by atoms with van der Waals surface area (Å²) >= 11 is 4.35. The quantitative estimate of drug-likeness (QED) is 0.111. The molecule has 18 aromatic rings. The first-order valence-electron chi connectivity index (χ1n) is 40.0. The second-order valence-electron chi connectivity index (χ2n) is 34.0. The summed E-state index contributed by atoms with van der Waals surface area (Å²) < 4.78 is 37.3. The minimum atomic E-state index is -1.55. The van der Waals surface area contributed by atoms with Crippen molar-refractivity contribution in [3.05, 3.63) is 380 Å².